The minimum absolute atomic E-state index is 0.285. The predicted molar refractivity (Wildman–Crippen MR) is 99.0 cm³/mol. The number of thiazole rings is 1. The first kappa shape index (κ1) is 17.5. The number of aryl methyl sites for hydroxylation is 2. The maximum absolute atomic E-state index is 12.9. The zero-order valence-electron chi connectivity index (χ0n) is 14.2. The third-order valence-corrected chi connectivity index (χ3v) is 4.96. The SMILES string of the molecule is FC(F)c1nnc2ccc(NCc3csc(CCc4ccccc4)n3)nn12. The Bertz CT molecular complexity index is 1030. The molecule has 27 heavy (non-hydrogen) atoms. The van der Waals surface area contributed by atoms with Gasteiger partial charge in [0, 0.05) is 11.8 Å². The topological polar surface area (TPSA) is 68.0 Å². The van der Waals surface area contributed by atoms with E-state index < -0.39 is 12.2 Å². The van der Waals surface area contributed by atoms with Gasteiger partial charge in [0.1, 0.15) is 5.82 Å². The van der Waals surface area contributed by atoms with Gasteiger partial charge in [0.05, 0.1) is 17.2 Å². The number of fused-ring (bicyclic) bond motifs is 1. The lowest BCUT2D eigenvalue weighted by Crippen LogP contribution is -2.06. The van der Waals surface area contributed by atoms with Crippen molar-refractivity contribution in [1.29, 1.82) is 0 Å². The standard InChI is InChI=1S/C18H16F2N6S/c19-17(20)18-24-23-15-8-7-14(25-26(15)18)21-10-13-11-27-16(22-13)9-6-12-4-2-1-3-5-12/h1-5,7-8,11,17H,6,9-10H2,(H,21,25). The van der Waals surface area contributed by atoms with Gasteiger partial charge >= 0.3 is 0 Å². The summed E-state index contributed by atoms with van der Waals surface area (Å²) in [4.78, 5) is 4.62. The number of anilines is 1. The predicted octanol–water partition coefficient (Wildman–Crippen LogP) is 3.92. The molecular formula is C18H16F2N6S. The summed E-state index contributed by atoms with van der Waals surface area (Å²) in [5.74, 6) is -0.00598. The van der Waals surface area contributed by atoms with Gasteiger partial charge in [-0.05, 0) is 24.1 Å². The monoisotopic (exact) mass is 386 g/mol. The van der Waals surface area contributed by atoms with Gasteiger partial charge in [0.2, 0.25) is 5.82 Å². The molecule has 138 valence electrons. The van der Waals surface area contributed by atoms with Gasteiger partial charge in [-0.1, -0.05) is 30.3 Å². The number of alkyl halides is 2. The average molecular weight is 386 g/mol. The Morgan fingerprint density at radius 1 is 1.04 bits per heavy atom. The summed E-state index contributed by atoms with van der Waals surface area (Å²) >= 11 is 1.62. The first-order valence-electron chi connectivity index (χ1n) is 8.40. The molecule has 3 aromatic heterocycles. The number of rotatable bonds is 7. The van der Waals surface area contributed by atoms with E-state index in [1.807, 2.05) is 23.6 Å². The normalized spacial score (nSPS) is 11.4. The van der Waals surface area contributed by atoms with Crippen LogP contribution in [0.2, 0.25) is 0 Å². The van der Waals surface area contributed by atoms with Gasteiger partial charge in [0.25, 0.3) is 6.43 Å². The third kappa shape index (κ3) is 4.08. The molecule has 1 aromatic carbocycles. The average Bonchev–Trinajstić information content (AvgIpc) is 3.32. The Labute approximate surface area is 157 Å². The van der Waals surface area contributed by atoms with Crippen LogP contribution < -0.4 is 5.32 Å². The number of benzene rings is 1. The van der Waals surface area contributed by atoms with Crippen LogP contribution in [-0.2, 0) is 19.4 Å². The number of hydrogen-bond donors (Lipinski definition) is 1. The van der Waals surface area contributed by atoms with E-state index in [0.717, 1.165) is 28.1 Å². The zero-order chi connectivity index (χ0) is 18.6. The molecule has 0 saturated carbocycles. The zero-order valence-corrected chi connectivity index (χ0v) is 15.0. The Kier molecular flexibility index (Phi) is 5.01. The molecule has 0 aliphatic heterocycles. The molecule has 0 radical (unpaired) electrons. The summed E-state index contributed by atoms with van der Waals surface area (Å²) in [5.41, 5.74) is 2.46. The Morgan fingerprint density at radius 3 is 2.70 bits per heavy atom. The van der Waals surface area contributed by atoms with Gasteiger partial charge in [-0.15, -0.1) is 26.6 Å². The maximum atomic E-state index is 12.9. The fourth-order valence-corrected chi connectivity index (χ4v) is 3.46. The quantitative estimate of drug-likeness (QED) is 0.521. The molecule has 0 atom stereocenters. The van der Waals surface area contributed by atoms with Crippen molar-refractivity contribution >= 4 is 22.8 Å². The Morgan fingerprint density at radius 2 is 1.89 bits per heavy atom. The van der Waals surface area contributed by atoms with Crippen LogP contribution >= 0.6 is 11.3 Å². The summed E-state index contributed by atoms with van der Waals surface area (Å²) < 4.78 is 26.9. The van der Waals surface area contributed by atoms with E-state index in [0.29, 0.717) is 12.4 Å². The smallest absolute Gasteiger partial charge is 0.299 e. The van der Waals surface area contributed by atoms with E-state index in [-0.39, 0.29) is 5.65 Å². The van der Waals surface area contributed by atoms with E-state index in [1.165, 1.54) is 5.56 Å². The Balaban J connectivity index is 1.38. The highest BCUT2D eigenvalue weighted by molar-refractivity contribution is 7.09. The van der Waals surface area contributed by atoms with Crippen molar-refractivity contribution < 1.29 is 8.78 Å². The highest BCUT2D eigenvalue weighted by Gasteiger charge is 2.17. The molecule has 9 heteroatoms. The highest BCUT2D eigenvalue weighted by atomic mass is 32.1. The molecule has 0 bridgehead atoms. The maximum Gasteiger partial charge on any atom is 0.299 e. The Hall–Kier alpha value is -2.94. The van der Waals surface area contributed by atoms with Crippen LogP contribution in [-0.4, -0.2) is 24.8 Å². The van der Waals surface area contributed by atoms with E-state index in [1.54, 1.807) is 23.5 Å². The molecule has 0 aliphatic rings. The number of hydrogen-bond acceptors (Lipinski definition) is 6. The second-order valence-electron chi connectivity index (χ2n) is 5.92. The minimum atomic E-state index is -2.73. The van der Waals surface area contributed by atoms with Crippen molar-refractivity contribution in [1.82, 2.24) is 24.8 Å². The summed E-state index contributed by atoms with van der Waals surface area (Å²) in [5, 5.41) is 17.4. The third-order valence-electron chi connectivity index (χ3n) is 4.00. The molecular weight excluding hydrogens is 370 g/mol. The van der Waals surface area contributed by atoms with Gasteiger partial charge < -0.3 is 5.32 Å². The van der Waals surface area contributed by atoms with E-state index >= 15 is 0 Å². The fourth-order valence-electron chi connectivity index (χ4n) is 2.66. The fraction of sp³-hybridized carbons (Fsp3) is 0.222. The summed E-state index contributed by atoms with van der Waals surface area (Å²) in [6.07, 6.45) is -0.894. The molecule has 0 unspecified atom stereocenters. The molecule has 0 aliphatic carbocycles. The largest absolute Gasteiger partial charge is 0.363 e. The van der Waals surface area contributed by atoms with Crippen molar-refractivity contribution in [2.75, 3.05) is 5.32 Å². The number of aromatic nitrogens is 5. The lowest BCUT2D eigenvalue weighted by molar-refractivity contribution is 0.137. The minimum Gasteiger partial charge on any atom is -0.363 e. The van der Waals surface area contributed by atoms with Crippen LogP contribution in [0.1, 0.15) is 28.5 Å². The summed E-state index contributed by atoms with van der Waals surface area (Å²) in [7, 11) is 0. The molecule has 0 spiro atoms. The molecule has 1 N–H and O–H groups in total. The number of halogens is 2. The molecule has 6 nitrogen and oxygen atoms in total. The van der Waals surface area contributed by atoms with Crippen LogP contribution in [0.3, 0.4) is 0 Å². The van der Waals surface area contributed by atoms with Crippen LogP contribution in [0.25, 0.3) is 5.65 Å². The molecule has 3 heterocycles. The molecule has 0 fully saturated rings. The molecule has 0 amide bonds. The lowest BCUT2D eigenvalue weighted by atomic mass is 10.1. The van der Waals surface area contributed by atoms with E-state index in [9.17, 15) is 8.78 Å². The highest BCUT2D eigenvalue weighted by Crippen LogP contribution is 2.18. The number of nitrogens with zero attached hydrogens (tertiary/aromatic N) is 5. The van der Waals surface area contributed by atoms with Crippen molar-refractivity contribution in [3.05, 3.63) is 69.9 Å². The van der Waals surface area contributed by atoms with Gasteiger partial charge in [0.15, 0.2) is 5.65 Å². The van der Waals surface area contributed by atoms with Crippen LogP contribution in [0.4, 0.5) is 14.6 Å². The van der Waals surface area contributed by atoms with Gasteiger partial charge in [-0.25, -0.2) is 13.8 Å². The first-order chi connectivity index (χ1) is 13.2. The van der Waals surface area contributed by atoms with Crippen molar-refractivity contribution in [3.63, 3.8) is 0 Å². The summed E-state index contributed by atoms with van der Waals surface area (Å²) in [6.45, 7) is 0.465. The van der Waals surface area contributed by atoms with Gasteiger partial charge in [-0.3, -0.25) is 0 Å². The number of nitrogens with one attached hydrogen (secondary N) is 1. The van der Waals surface area contributed by atoms with Gasteiger partial charge in [-0.2, -0.15) is 4.52 Å². The van der Waals surface area contributed by atoms with Crippen molar-refractivity contribution in [2.45, 2.75) is 25.8 Å². The van der Waals surface area contributed by atoms with E-state index in [4.69, 9.17) is 0 Å². The van der Waals surface area contributed by atoms with Crippen molar-refractivity contribution in [3.8, 4) is 0 Å². The second kappa shape index (κ2) is 7.75. The molecule has 4 aromatic rings. The molecule has 0 saturated heterocycles. The first-order valence-corrected chi connectivity index (χ1v) is 9.28. The van der Waals surface area contributed by atoms with Crippen LogP contribution in [0.5, 0.6) is 0 Å². The summed E-state index contributed by atoms with van der Waals surface area (Å²) in [6, 6.07) is 13.6. The van der Waals surface area contributed by atoms with Crippen molar-refractivity contribution in [2.24, 2.45) is 0 Å². The second-order valence-corrected chi connectivity index (χ2v) is 6.86. The lowest BCUT2D eigenvalue weighted by Gasteiger charge is -2.04. The van der Waals surface area contributed by atoms with E-state index in [2.05, 4.69) is 37.7 Å². The van der Waals surface area contributed by atoms with Crippen LogP contribution in [0, 0.1) is 0 Å². The van der Waals surface area contributed by atoms with Crippen LogP contribution in [0.15, 0.2) is 47.8 Å². The molecule has 4 rings (SSSR count).